The van der Waals surface area contributed by atoms with Crippen LogP contribution in [0, 0.1) is 5.41 Å². The van der Waals surface area contributed by atoms with Gasteiger partial charge in [-0.1, -0.05) is 36.8 Å². The van der Waals surface area contributed by atoms with Crippen molar-refractivity contribution in [2.75, 3.05) is 5.32 Å². The predicted octanol–water partition coefficient (Wildman–Crippen LogP) is 4.19. The van der Waals surface area contributed by atoms with Gasteiger partial charge in [-0.05, 0) is 24.0 Å². The van der Waals surface area contributed by atoms with Crippen molar-refractivity contribution in [1.82, 2.24) is 4.98 Å². The number of halogens is 1. The highest BCUT2D eigenvalue weighted by molar-refractivity contribution is 7.18. The van der Waals surface area contributed by atoms with Gasteiger partial charge in [-0.25, -0.2) is 4.98 Å². The number of nitrogens with zero attached hydrogens (tertiary/aromatic N) is 1. The largest absolute Gasteiger partial charge is 0.302 e. The van der Waals surface area contributed by atoms with E-state index < -0.39 is 0 Å². The molecule has 22 heavy (non-hydrogen) atoms. The van der Waals surface area contributed by atoms with Crippen LogP contribution in [-0.2, 0) is 17.6 Å². The number of carbonyl (C=O) groups excluding carboxylic acids is 2. The lowest BCUT2D eigenvalue weighted by Gasteiger charge is -2.26. The SMILES string of the molecule is CC1(C)CC(=O)c2sc(NC(=O)Cc3ccc(Cl)s3)nc2C1. The zero-order chi connectivity index (χ0) is 15.9. The van der Waals surface area contributed by atoms with E-state index in [-0.39, 0.29) is 23.5 Å². The molecule has 0 radical (unpaired) electrons. The van der Waals surface area contributed by atoms with E-state index in [0.717, 1.165) is 17.0 Å². The van der Waals surface area contributed by atoms with E-state index >= 15 is 0 Å². The normalized spacial score (nSPS) is 16.4. The van der Waals surface area contributed by atoms with Crippen LogP contribution < -0.4 is 5.32 Å². The second kappa shape index (κ2) is 5.76. The Morgan fingerprint density at radius 1 is 1.36 bits per heavy atom. The van der Waals surface area contributed by atoms with Crippen LogP contribution in [0.15, 0.2) is 12.1 Å². The zero-order valence-corrected chi connectivity index (χ0v) is 14.6. The van der Waals surface area contributed by atoms with Gasteiger partial charge in [0.15, 0.2) is 10.9 Å². The lowest BCUT2D eigenvalue weighted by Crippen LogP contribution is -2.26. The molecule has 0 aromatic carbocycles. The van der Waals surface area contributed by atoms with Crippen molar-refractivity contribution in [2.24, 2.45) is 5.41 Å². The van der Waals surface area contributed by atoms with Crippen LogP contribution in [0.3, 0.4) is 0 Å². The first-order valence-electron chi connectivity index (χ1n) is 6.89. The summed E-state index contributed by atoms with van der Waals surface area (Å²) in [6, 6.07) is 3.61. The van der Waals surface area contributed by atoms with Crippen molar-refractivity contribution < 1.29 is 9.59 Å². The predicted molar refractivity (Wildman–Crippen MR) is 90.2 cm³/mol. The summed E-state index contributed by atoms with van der Waals surface area (Å²) in [5, 5.41) is 3.29. The maximum absolute atomic E-state index is 12.1. The number of thiazole rings is 1. The standard InChI is InChI=1S/C15H15ClN2O2S2/c1-15(2)6-9-13(10(19)7-15)22-14(17-9)18-12(20)5-8-3-4-11(16)21-8/h3-4H,5-7H2,1-2H3,(H,17,18,20). The number of carbonyl (C=O) groups is 2. The van der Waals surface area contributed by atoms with E-state index in [4.69, 9.17) is 11.6 Å². The summed E-state index contributed by atoms with van der Waals surface area (Å²) in [5.74, 6) is -0.0226. The van der Waals surface area contributed by atoms with Gasteiger partial charge < -0.3 is 5.32 Å². The van der Waals surface area contributed by atoms with Gasteiger partial charge in [0.1, 0.15) is 0 Å². The summed E-state index contributed by atoms with van der Waals surface area (Å²) >= 11 is 8.52. The molecule has 4 nitrogen and oxygen atoms in total. The van der Waals surface area contributed by atoms with Crippen molar-refractivity contribution in [1.29, 1.82) is 0 Å². The average molecular weight is 355 g/mol. The van der Waals surface area contributed by atoms with E-state index in [9.17, 15) is 9.59 Å². The molecule has 0 saturated carbocycles. The van der Waals surface area contributed by atoms with Crippen LogP contribution in [0.4, 0.5) is 5.13 Å². The van der Waals surface area contributed by atoms with Crippen LogP contribution in [0.5, 0.6) is 0 Å². The molecule has 0 bridgehead atoms. The Balaban J connectivity index is 1.72. The second-order valence-electron chi connectivity index (χ2n) is 6.17. The molecule has 2 aromatic heterocycles. The van der Waals surface area contributed by atoms with Crippen LogP contribution in [-0.4, -0.2) is 16.7 Å². The molecular formula is C15H15ClN2O2S2. The summed E-state index contributed by atoms with van der Waals surface area (Å²) in [6.45, 7) is 4.12. The number of rotatable bonds is 3. The van der Waals surface area contributed by atoms with Crippen LogP contribution in [0.25, 0.3) is 0 Å². The van der Waals surface area contributed by atoms with E-state index in [1.807, 2.05) is 6.07 Å². The highest BCUT2D eigenvalue weighted by atomic mass is 35.5. The highest BCUT2D eigenvalue weighted by Gasteiger charge is 2.34. The van der Waals surface area contributed by atoms with Gasteiger partial charge in [-0.3, -0.25) is 9.59 Å². The van der Waals surface area contributed by atoms with E-state index in [0.29, 0.717) is 20.8 Å². The number of aromatic nitrogens is 1. The number of Topliss-reactive ketones (excluding diaryl/α,β-unsaturated/α-hetero) is 1. The van der Waals surface area contributed by atoms with Crippen LogP contribution in [0.2, 0.25) is 4.34 Å². The number of thiophene rings is 1. The summed E-state index contributed by atoms with van der Waals surface area (Å²) < 4.78 is 0.667. The van der Waals surface area contributed by atoms with E-state index in [2.05, 4.69) is 24.1 Å². The fourth-order valence-electron chi connectivity index (χ4n) is 2.54. The van der Waals surface area contributed by atoms with E-state index in [1.165, 1.54) is 22.7 Å². The Labute approximate surface area is 141 Å². The number of fused-ring (bicyclic) bond motifs is 1. The van der Waals surface area contributed by atoms with Crippen molar-refractivity contribution in [3.05, 3.63) is 31.9 Å². The number of amides is 1. The minimum atomic E-state index is -0.142. The topological polar surface area (TPSA) is 59.1 Å². The van der Waals surface area contributed by atoms with Crippen molar-refractivity contribution in [3.63, 3.8) is 0 Å². The number of hydrogen-bond donors (Lipinski definition) is 1. The van der Waals surface area contributed by atoms with Gasteiger partial charge in [0.05, 0.1) is 21.3 Å². The average Bonchev–Trinajstić information content (AvgIpc) is 2.94. The van der Waals surface area contributed by atoms with Crippen LogP contribution in [0.1, 0.15) is 40.5 Å². The smallest absolute Gasteiger partial charge is 0.231 e. The molecule has 0 unspecified atom stereocenters. The van der Waals surface area contributed by atoms with Crippen molar-refractivity contribution in [3.8, 4) is 0 Å². The molecule has 1 N–H and O–H groups in total. The molecule has 1 amide bonds. The number of nitrogens with one attached hydrogen (secondary N) is 1. The third-order valence-electron chi connectivity index (χ3n) is 3.45. The maximum atomic E-state index is 12.1. The fourth-order valence-corrected chi connectivity index (χ4v) is 4.56. The summed E-state index contributed by atoms with van der Waals surface area (Å²) in [7, 11) is 0. The third-order valence-corrected chi connectivity index (χ3v) is 5.73. The summed E-state index contributed by atoms with van der Waals surface area (Å²) in [6.07, 6.45) is 1.56. The third kappa shape index (κ3) is 3.39. The minimum Gasteiger partial charge on any atom is -0.302 e. The number of hydrogen-bond acceptors (Lipinski definition) is 5. The molecule has 1 aliphatic rings. The highest BCUT2D eigenvalue weighted by Crippen LogP contribution is 2.38. The number of anilines is 1. The Bertz CT molecular complexity index is 749. The Hall–Kier alpha value is -1.24. The Morgan fingerprint density at radius 3 is 2.82 bits per heavy atom. The Morgan fingerprint density at radius 2 is 2.14 bits per heavy atom. The zero-order valence-electron chi connectivity index (χ0n) is 12.2. The molecule has 2 aromatic rings. The number of ketones is 1. The maximum Gasteiger partial charge on any atom is 0.231 e. The lowest BCUT2D eigenvalue weighted by molar-refractivity contribution is -0.115. The molecular weight excluding hydrogens is 340 g/mol. The second-order valence-corrected chi connectivity index (χ2v) is 8.97. The van der Waals surface area contributed by atoms with Gasteiger partial charge in [0.25, 0.3) is 0 Å². The van der Waals surface area contributed by atoms with Gasteiger partial charge in [-0.15, -0.1) is 11.3 Å². The first kappa shape index (κ1) is 15.6. The van der Waals surface area contributed by atoms with E-state index in [1.54, 1.807) is 6.07 Å². The lowest BCUT2D eigenvalue weighted by atomic mass is 9.78. The first-order valence-corrected chi connectivity index (χ1v) is 8.90. The monoisotopic (exact) mass is 354 g/mol. The summed E-state index contributed by atoms with van der Waals surface area (Å²) in [4.78, 5) is 30.2. The fraction of sp³-hybridized carbons (Fsp3) is 0.400. The molecule has 0 saturated heterocycles. The van der Waals surface area contributed by atoms with Crippen molar-refractivity contribution in [2.45, 2.75) is 33.1 Å². The summed E-state index contributed by atoms with van der Waals surface area (Å²) in [5.41, 5.74) is 0.744. The van der Waals surface area contributed by atoms with Gasteiger partial charge in [0.2, 0.25) is 5.91 Å². The quantitative estimate of drug-likeness (QED) is 0.898. The van der Waals surface area contributed by atoms with Gasteiger partial charge >= 0.3 is 0 Å². The van der Waals surface area contributed by atoms with Gasteiger partial charge in [0, 0.05) is 11.3 Å². The molecule has 0 aliphatic heterocycles. The molecule has 2 heterocycles. The Kier molecular flexibility index (Phi) is 4.09. The molecule has 0 atom stereocenters. The molecule has 0 fully saturated rings. The molecule has 116 valence electrons. The first-order chi connectivity index (χ1) is 10.3. The van der Waals surface area contributed by atoms with Crippen LogP contribution >= 0.6 is 34.3 Å². The van der Waals surface area contributed by atoms with Gasteiger partial charge in [-0.2, -0.15) is 0 Å². The molecule has 1 aliphatic carbocycles. The molecule has 3 rings (SSSR count). The van der Waals surface area contributed by atoms with Crippen molar-refractivity contribution >= 4 is 51.1 Å². The molecule has 0 spiro atoms. The molecule has 7 heteroatoms. The minimum absolute atomic E-state index is 0.0623.